The van der Waals surface area contributed by atoms with Crippen molar-refractivity contribution in [1.29, 1.82) is 0 Å². The zero-order valence-electron chi connectivity index (χ0n) is 10.8. The van der Waals surface area contributed by atoms with Crippen LogP contribution in [0.3, 0.4) is 0 Å². The van der Waals surface area contributed by atoms with E-state index in [-0.39, 0.29) is 11.6 Å². The zero-order valence-corrected chi connectivity index (χ0v) is 10.8. The minimum atomic E-state index is 0.0305. The average Bonchev–Trinajstić information content (AvgIpc) is 2.50. The van der Waals surface area contributed by atoms with Crippen molar-refractivity contribution in [3.8, 4) is 11.8 Å². The Hall–Kier alpha value is -2.66. The van der Waals surface area contributed by atoms with Crippen molar-refractivity contribution >= 4 is 11.6 Å². The lowest BCUT2D eigenvalue weighted by molar-refractivity contribution is 0.0890. The molecule has 2 aromatic carbocycles. The molecule has 0 N–H and O–H groups in total. The van der Waals surface area contributed by atoms with Crippen molar-refractivity contribution in [2.24, 2.45) is 0 Å². The normalized spacial score (nSPS) is 13.4. The van der Waals surface area contributed by atoms with Gasteiger partial charge in [-0.2, -0.15) is 0 Å². The molecule has 1 aliphatic rings. The summed E-state index contributed by atoms with van der Waals surface area (Å²) in [4.78, 5) is 23.6. The Labute approximate surface area is 117 Å². The molecule has 96 valence electrons. The van der Waals surface area contributed by atoms with Crippen LogP contribution >= 0.6 is 0 Å². The molecule has 0 radical (unpaired) electrons. The Morgan fingerprint density at radius 1 is 0.700 bits per heavy atom. The number of carbonyl (C=O) groups excluding carboxylic acids is 2. The van der Waals surface area contributed by atoms with E-state index in [4.69, 9.17) is 0 Å². The van der Waals surface area contributed by atoms with Gasteiger partial charge in [-0.15, -0.1) is 0 Å². The predicted molar refractivity (Wildman–Crippen MR) is 76.8 cm³/mol. The molecule has 0 aromatic heterocycles. The molecule has 3 rings (SSSR count). The molecule has 20 heavy (non-hydrogen) atoms. The van der Waals surface area contributed by atoms with E-state index in [1.165, 1.54) is 0 Å². The summed E-state index contributed by atoms with van der Waals surface area (Å²) in [6, 6.07) is 14.9. The van der Waals surface area contributed by atoms with E-state index in [1.807, 2.05) is 30.3 Å². The van der Waals surface area contributed by atoms with E-state index in [0.29, 0.717) is 24.0 Å². The second kappa shape index (κ2) is 5.14. The molecular formula is C18H12O2. The van der Waals surface area contributed by atoms with Gasteiger partial charge in [-0.3, -0.25) is 9.59 Å². The summed E-state index contributed by atoms with van der Waals surface area (Å²) in [5.41, 5.74) is 2.73. The number of hydrogen-bond donors (Lipinski definition) is 0. The maximum atomic E-state index is 11.9. The topological polar surface area (TPSA) is 34.1 Å². The summed E-state index contributed by atoms with van der Waals surface area (Å²) in [6.45, 7) is 0. The van der Waals surface area contributed by atoms with Gasteiger partial charge < -0.3 is 0 Å². The summed E-state index contributed by atoms with van der Waals surface area (Å²) in [7, 11) is 0. The molecule has 0 unspecified atom stereocenters. The lowest BCUT2D eigenvalue weighted by Crippen LogP contribution is -2.16. The van der Waals surface area contributed by atoms with Crippen LogP contribution in [0.15, 0.2) is 48.5 Å². The zero-order chi connectivity index (χ0) is 13.9. The van der Waals surface area contributed by atoms with Gasteiger partial charge in [0.25, 0.3) is 0 Å². The van der Waals surface area contributed by atoms with Gasteiger partial charge in [-0.05, 0) is 30.3 Å². The van der Waals surface area contributed by atoms with E-state index < -0.39 is 0 Å². The van der Waals surface area contributed by atoms with Gasteiger partial charge in [-0.1, -0.05) is 30.0 Å². The number of carbonyl (C=O) groups is 2. The SMILES string of the molecule is O=C1CCC(=O)c2cc(C#Cc3ccccc3)ccc21. The molecule has 0 spiro atoms. The predicted octanol–water partition coefficient (Wildman–Crippen LogP) is 3.25. The summed E-state index contributed by atoms with van der Waals surface area (Å²) in [5.74, 6) is 6.15. The molecule has 2 heteroatoms. The quantitative estimate of drug-likeness (QED) is 0.681. The molecular weight excluding hydrogens is 248 g/mol. The van der Waals surface area contributed by atoms with Gasteiger partial charge in [0.15, 0.2) is 11.6 Å². The van der Waals surface area contributed by atoms with Gasteiger partial charge in [0, 0.05) is 35.1 Å². The van der Waals surface area contributed by atoms with E-state index in [1.54, 1.807) is 18.2 Å². The molecule has 2 aromatic rings. The number of hydrogen-bond acceptors (Lipinski definition) is 2. The maximum absolute atomic E-state index is 11.9. The number of Topliss-reactive ketones (excluding diaryl/α,β-unsaturated/α-hetero) is 2. The summed E-state index contributed by atoms with van der Waals surface area (Å²) < 4.78 is 0. The number of ketones is 2. The third-order valence-corrected chi connectivity index (χ3v) is 3.32. The Bertz CT molecular complexity index is 746. The van der Waals surface area contributed by atoms with Crippen molar-refractivity contribution < 1.29 is 9.59 Å². The molecule has 1 aliphatic carbocycles. The number of benzene rings is 2. The van der Waals surface area contributed by atoms with Crippen molar-refractivity contribution in [3.63, 3.8) is 0 Å². The van der Waals surface area contributed by atoms with Crippen LogP contribution in [0.2, 0.25) is 0 Å². The number of fused-ring (bicyclic) bond motifs is 1. The van der Waals surface area contributed by atoms with E-state index >= 15 is 0 Å². The summed E-state index contributed by atoms with van der Waals surface area (Å²) >= 11 is 0. The average molecular weight is 260 g/mol. The monoisotopic (exact) mass is 260 g/mol. The van der Waals surface area contributed by atoms with Crippen molar-refractivity contribution in [3.05, 3.63) is 70.8 Å². The summed E-state index contributed by atoms with van der Waals surface area (Å²) in [5, 5.41) is 0. The Kier molecular flexibility index (Phi) is 3.18. The fourth-order valence-electron chi connectivity index (χ4n) is 2.26. The van der Waals surface area contributed by atoms with Gasteiger partial charge in [0.05, 0.1) is 0 Å². The second-order valence-corrected chi connectivity index (χ2v) is 4.72. The van der Waals surface area contributed by atoms with Crippen LogP contribution in [0.25, 0.3) is 0 Å². The first kappa shape index (κ1) is 12.4. The molecule has 0 heterocycles. The second-order valence-electron chi connectivity index (χ2n) is 4.72. The number of rotatable bonds is 0. The first-order valence-electron chi connectivity index (χ1n) is 6.51. The lowest BCUT2D eigenvalue weighted by atomic mass is 9.88. The smallest absolute Gasteiger partial charge is 0.164 e. The van der Waals surface area contributed by atoms with Gasteiger partial charge >= 0.3 is 0 Å². The van der Waals surface area contributed by atoms with Crippen LogP contribution in [-0.2, 0) is 0 Å². The fourth-order valence-corrected chi connectivity index (χ4v) is 2.26. The highest BCUT2D eigenvalue weighted by atomic mass is 16.1. The van der Waals surface area contributed by atoms with E-state index in [0.717, 1.165) is 11.1 Å². The van der Waals surface area contributed by atoms with E-state index in [9.17, 15) is 9.59 Å². The standard InChI is InChI=1S/C18H12O2/c19-17-10-11-18(20)16-12-14(8-9-15(16)17)7-6-13-4-2-1-3-5-13/h1-5,8-9,12H,10-11H2. The van der Waals surface area contributed by atoms with E-state index in [2.05, 4.69) is 11.8 Å². The van der Waals surface area contributed by atoms with Crippen LogP contribution in [-0.4, -0.2) is 11.6 Å². The first-order valence-corrected chi connectivity index (χ1v) is 6.51. The molecule has 2 nitrogen and oxygen atoms in total. The molecule has 0 bridgehead atoms. The van der Waals surface area contributed by atoms with Crippen LogP contribution in [0.1, 0.15) is 44.7 Å². The minimum Gasteiger partial charge on any atom is -0.294 e. The third kappa shape index (κ3) is 2.39. The Morgan fingerprint density at radius 2 is 1.35 bits per heavy atom. The largest absolute Gasteiger partial charge is 0.294 e. The molecule has 0 aliphatic heterocycles. The Morgan fingerprint density at radius 3 is 2.10 bits per heavy atom. The first-order chi connectivity index (χ1) is 9.74. The van der Waals surface area contributed by atoms with Crippen LogP contribution in [0, 0.1) is 11.8 Å². The minimum absolute atomic E-state index is 0.0305. The maximum Gasteiger partial charge on any atom is 0.164 e. The van der Waals surface area contributed by atoms with Gasteiger partial charge in [0.2, 0.25) is 0 Å². The third-order valence-electron chi connectivity index (χ3n) is 3.32. The highest BCUT2D eigenvalue weighted by Crippen LogP contribution is 2.22. The highest BCUT2D eigenvalue weighted by Gasteiger charge is 2.23. The van der Waals surface area contributed by atoms with Crippen molar-refractivity contribution in [1.82, 2.24) is 0 Å². The summed E-state index contributed by atoms with van der Waals surface area (Å²) in [6.07, 6.45) is 0.627. The lowest BCUT2D eigenvalue weighted by Gasteiger charge is -2.13. The van der Waals surface area contributed by atoms with Gasteiger partial charge in [0.1, 0.15) is 0 Å². The molecule has 0 amide bonds. The Balaban J connectivity index is 1.97. The molecule has 0 atom stereocenters. The highest BCUT2D eigenvalue weighted by molar-refractivity contribution is 6.13. The molecule has 0 saturated carbocycles. The van der Waals surface area contributed by atoms with Crippen LogP contribution in [0.4, 0.5) is 0 Å². The molecule has 0 fully saturated rings. The van der Waals surface area contributed by atoms with Crippen molar-refractivity contribution in [2.75, 3.05) is 0 Å². The van der Waals surface area contributed by atoms with Crippen LogP contribution < -0.4 is 0 Å². The fraction of sp³-hybridized carbons (Fsp3) is 0.111. The van der Waals surface area contributed by atoms with Crippen LogP contribution in [0.5, 0.6) is 0 Å². The molecule has 0 saturated heterocycles. The van der Waals surface area contributed by atoms with Gasteiger partial charge in [-0.25, -0.2) is 0 Å². The van der Waals surface area contributed by atoms with Crippen molar-refractivity contribution in [2.45, 2.75) is 12.8 Å².